The molecule has 5 nitrogen and oxygen atoms in total. The van der Waals surface area contributed by atoms with Crippen LogP contribution in [0.3, 0.4) is 0 Å². The van der Waals surface area contributed by atoms with Crippen molar-refractivity contribution in [1.82, 2.24) is 9.97 Å². The highest BCUT2D eigenvalue weighted by atomic mass is 32.1. The van der Waals surface area contributed by atoms with Crippen molar-refractivity contribution >= 4 is 27.4 Å². The van der Waals surface area contributed by atoms with Crippen LogP contribution in [0.5, 0.6) is 11.5 Å². The average Bonchev–Trinajstić information content (AvgIpc) is 3.22. The molecule has 0 fully saturated rings. The molecule has 25 heavy (non-hydrogen) atoms. The van der Waals surface area contributed by atoms with E-state index in [2.05, 4.69) is 16.4 Å². The van der Waals surface area contributed by atoms with Gasteiger partial charge in [-0.05, 0) is 55.9 Å². The van der Waals surface area contributed by atoms with Gasteiger partial charge in [0.05, 0.1) is 5.39 Å². The van der Waals surface area contributed by atoms with Gasteiger partial charge >= 0.3 is 0 Å². The number of nitrogens with one attached hydrogen (secondary N) is 1. The van der Waals surface area contributed by atoms with E-state index in [4.69, 9.17) is 14.5 Å². The van der Waals surface area contributed by atoms with E-state index in [1.54, 1.807) is 0 Å². The van der Waals surface area contributed by atoms with Gasteiger partial charge in [-0.15, -0.1) is 11.3 Å². The maximum Gasteiger partial charge on any atom is 0.231 e. The van der Waals surface area contributed by atoms with E-state index in [9.17, 15) is 0 Å². The van der Waals surface area contributed by atoms with Crippen LogP contribution in [-0.2, 0) is 19.4 Å². The molecule has 0 saturated carbocycles. The lowest BCUT2D eigenvalue weighted by atomic mass is 9.97. The fraction of sp³-hybridized carbons (Fsp3) is 0.368. The highest BCUT2D eigenvalue weighted by Gasteiger charge is 2.20. The Bertz CT molecular complexity index is 967. The number of aromatic nitrogens is 2. The zero-order valence-corrected chi connectivity index (χ0v) is 14.9. The summed E-state index contributed by atoms with van der Waals surface area (Å²) in [7, 11) is 0. The number of anilines is 1. The second kappa shape index (κ2) is 5.88. The van der Waals surface area contributed by atoms with Gasteiger partial charge in [0.1, 0.15) is 16.5 Å². The molecule has 6 heteroatoms. The first-order valence-corrected chi connectivity index (χ1v) is 9.51. The SMILES string of the molecule is Cc1nc(NCc2ccc3c(c2)OCO3)c2c3c(sc2n1)CCCC3. The Morgan fingerprint density at radius 2 is 2.00 bits per heavy atom. The van der Waals surface area contributed by atoms with Gasteiger partial charge in [0, 0.05) is 11.4 Å². The van der Waals surface area contributed by atoms with Gasteiger partial charge in [-0.1, -0.05) is 6.07 Å². The molecule has 0 amide bonds. The highest BCUT2D eigenvalue weighted by molar-refractivity contribution is 7.19. The molecule has 1 N–H and O–H groups in total. The van der Waals surface area contributed by atoms with E-state index in [0.29, 0.717) is 13.3 Å². The van der Waals surface area contributed by atoms with Crippen molar-refractivity contribution < 1.29 is 9.47 Å². The lowest BCUT2D eigenvalue weighted by Gasteiger charge is -2.13. The van der Waals surface area contributed by atoms with Crippen molar-refractivity contribution in [2.45, 2.75) is 39.2 Å². The maximum absolute atomic E-state index is 5.47. The number of benzene rings is 1. The van der Waals surface area contributed by atoms with Crippen LogP contribution >= 0.6 is 11.3 Å². The Labute approximate surface area is 150 Å². The van der Waals surface area contributed by atoms with Gasteiger partial charge in [-0.3, -0.25) is 0 Å². The highest BCUT2D eigenvalue weighted by Crippen LogP contribution is 2.39. The minimum atomic E-state index is 0.305. The third-order valence-corrected chi connectivity index (χ3v) is 6.01. The molecule has 0 atom stereocenters. The van der Waals surface area contributed by atoms with Gasteiger partial charge in [0.2, 0.25) is 6.79 Å². The first kappa shape index (κ1) is 15.0. The second-order valence-electron chi connectivity index (χ2n) is 6.55. The van der Waals surface area contributed by atoms with Crippen LogP contribution in [0.1, 0.15) is 34.7 Å². The minimum absolute atomic E-state index is 0.305. The molecule has 3 heterocycles. The molecular formula is C19H19N3O2S. The summed E-state index contributed by atoms with van der Waals surface area (Å²) in [5.41, 5.74) is 2.61. The smallest absolute Gasteiger partial charge is 0.231 e. The van der Waals surface area contributed by atoms with Gasteiger partial charge < -0.3 is 14.8 Å². The summed E-state index contributed by atoms with van der Waals surface area (Å²) in [4.78, 5) is 12.0. The summed E-state index contributed by atoms with van der Waals surface area (Å²) in [6.07, 6.45) is 4.86. The largest absolute Gasteiger partial charge is 0.454 e. The normalized spacial score (nSPS) is 15.4. The van der Waals surface area contributed by atoms with Crippen LogP contribution in [0.15, 0.2) is 18.2 Å². The fourth-order valence-corrected chi connectivity index (χ4v) is 4.94. The predicted octanol–water partition coefficient (Wildman–Crippen LogP) is 4.22. The Balaban J connectivity index is 1.49. The quantitative estimate of drug-likeness (QED) is 0.764. The molecule has 3 aromatic rings. The zero-order chi connectivity index (χ0) is 16.8. The van der Waals surface area contributed by atoms with Crippen LogP contribution in [-0.4, -0.2) is 16.8 Å². The number of ether oxygens (including phenoxy) is 2. The molecule has 1 aliphatic heterocycles. The zero-order valence-electron chi connectivity index (χ0n) is 14.1. The monoisotopic (exact) mass is 353 g/mol. The third kappa shape index (κ3) is 2.61. The molecule has 2 aromatic heterocycles. The molecule has 2 aliphatic rings. The standard InChI is InChI=1S/C19H19N3O2S/c1-11-21-18(17-13-4-2-3-5-16(13)25-19(17)22-11)20-9-12-6-7-14-15(8-12)24-10-23-14/h6-8H,2-5,9-10H2,1H3,(H,20,21,22). The first-order valence-electron chi connectivity index (χ1n) is 8.69. The van der Waals surface area contributed by atoms with E-state index in [-0.39, 0.29) is 0 Å². The Kier molecular flexibility index (Phi) is 3.52. The van der Waals surface area contributed by atoms with Crippen LogP contribution in [0.2, 0.25) is 0 Å². The van der Waals surface area contributed by atoms with Crippen molar-refractivity contribution in [2.75, 3.05) is 12.1 Å². The number of hydrogen-bond acceptors (Lipinski definition) is 6. The Morgan fingerprint density at radius 3 is 2.96 bits per heavy atom. The molecule has 1 aromatic carbocycles. The summed E-state index contributed by atoms with van der Waals surface area (Å²) in [6.45, 7) is 2.97. The molecule has 0 radical (unpaired) electrons. The molecule has 0 unspecified atom stereocenters. The van der Waals surface area contributed by atoms with Crippen LogP contribution in [0.25, 0.3) is 10.2 Å². The van der Waals surface area contributed by atoms with Crippen LogP contribution < -0.4 is 14.8 Å². The van der Waals surface area contributed by atoms with Gasteiger partial charge in [0.25, 0.3) is 0 Å². The lowest BCUT2D eigenvalue weighted by Crippen LogP contribution is -2.05. The van der Waals surface area contributed by atoms with Crippen molar-refractivity contribution in [3.05, 3.63) is 40.0 Å². The van der Waals surface area contributed by atoms with Gasteiger partial charge in [0.15, 0.2) is 11.5 Å². The van der Waals surface area contributed by atoms with E-state index in [0.717, 1.165) is 40.0 Å². The van der Waals surface area contributed by atoms with Crippen molar-refractivity contribution in [3.63, 3.8) is 0 Å². The van der Waals surface area contributed by atoms with E-state index in [1.165, 1.54) is 35.1 Å². The summed E-state index contributed by atoms with van der Waals surface area (Å²) in [5.74, 6) is 3.41. The Morgan fingerprint density at radius 1 is 1.12 bits per heavy atom. The van der Waals surface area contributed by atoms with Gasteiger partial charge in [-0.2, -0.15) is 0 Å². The van der Waals surface area contributed by atoms with Crippen molar-refractivity contribution in [3.8, 4) is 11.5 Å². The molecule has 0 spiro atoms. The summed E-state index contributed by atoms with van der Waals surface area (Å²) < 4.78 is 10.8. The minimum Gasteiger partial charge on any atom is -0.454 e. The van der Waals surface area contributed by atoms with Crippen LogP contribution in [0, 0.1) is 6.92 Å². The molecule has 5 rings (SSSR count). The Hall–Kier alpha value is -2.34. The second-order valence-corrected chi connectivity index (χ2v) is 7.64. The van der Waals surface area contributed by atoms with Crippen LogP contribution in [0.4, 0.5) is 5.82 Å². The lowest BCUT2D eigenvalue weighted by molar-refractivity contribution is 0.174. The molecule has 0 bridgehead atoms. The molecule has 0 saturated heterocycles. The topological polar surface area (TPSA) is 56.3 Å². The van der Waals surface area contributed by atoms with Gasteiger partial charge in [-0.25, -0.2) is 9.97 Å². The number of thiophene rings is 1. The summed E-state index contributed by atoms with van der Waals surface area (Å²) in [6, 6.07) is 6.06. The first-order chi connectivity index (χ1) is 12.3. The summed E-state index contributed by atoms with van der Waals surface area (Å²) >= 11 is 1.84. The average molecular weight is 353 g/mol. The molecule has 128 valence electrons. The maximum atomic E-state index is 5.47. The van der Waals surface area contributed by atoms with E-state index >= 15 is 0 Å². The van der Waals surface area contributed by atoms with Crippen molar-refractivity contribution in [2.24, 2.45) is 0 Å². The number of rotatable bonds is 3. The van der Waals surface area contributed by atoms with E-state index < -0.39 is 0 Å². The number of nitrogens with zero attached hydrogens (tertiary/aromatic N) is 2. The number of aryl methyl sites for hydroxylation is 3. The third-order valence-electron chi connectivity index (χ3n) is 4.82. The number of fused-ring (bicyclic) bond motifs is 4. The number of hydrogen-bond donors (Lipinski definition) is 1. The van der Waals surface area contributed by atoms with E-state index in [1.807, 2.05) is 30.4 Å². The summed E-state index contributed by atoms with van der Waals surface area (Å²) in [5, 5.41) is 4.76. The molecule has 1 aliphatic carbocycles. The molecular weight excluding hydrogens is 334 g/mol. The predicted molar refractivity (Wildman–Crippen MR) is 98.7 cm³/mol. The fourth-order valence-electron chi connectivity index (χ4n) is 3.63. The van der Waals surface area contributed by atoms with Crippen molar-refractivity contribution in [1.29, 1.82) is 0 Å².